The summed E-state index contributed by atoms with van der Waals surface area (Å²) >= 11 is 0. The number of phosphoric acid groups is 1. The molecule has 9 unspecified atom stereocenters. The fourth-order valence-electron chi connectivity index (χ4n) is 4.40. The Morgan fingerprint density at radius 1 is 1.05 bits per heavy atom. The second kappa shape index (κ2) is 10.6. The number of rotatable bonds is 8. The highest BCUT2D eigenvalue weighted by molar-refractivity contribution is 7.47. The number of aliphatic hydroxyl groups is 4. The number of aromatic nitrogens is 6. The molecule has 0 bridgehead atoms. The Bertz CT molecular complexity index is 1560. The van der Waals surface area contributed by atoms with Gasteiger partial charge in [-0.3, -0.25) is 28.0 Å². The molecule has 0 aromatic carbocycles. The molecule has 5 heterocycles. The van der Waals surface area contributed by atoms with Crippen LogP contribution in [0.4, 0.5) is 11.8 Å². The summed E-state index contributed by atoms with van der Waals surface area (Å²) in [6.45, 7) is -1.52. The largest absolute Gasteiger partial charge is 0.472 e. The quantitative estimate of drug-likeness (QED) is 0.116. The minimum Gasteiger partial charge on any atom is -0.394 e. The minimum atomic E-state index is -5.08. The average Bonchev–Trinajstić information content (AvgIpc) is 3.53. The van der Waals surface area contributed by atoms with E-state index in [4.69, 9.17) is 30.0 Å². The van der Waals surface area contributed by atoms with E-state index >= 15 is 0 Å². The number of aliphatic hydroxyl groups excluding tert-OH is 4. The molecule has 5 rings (SSSR count). The molecule has 0 amide bonds. The van der Waals surface area contributed by atoms with Crippen molar-refractivity contribution in [1.29, 1.82) is 0 Å². The van der Waals surface area contributed by atoms with Crippen molar-refractivity contribution < 1.29 is 48.4 Å². The first-order valence-corrected chi connectivity index (χ1v) is 13.1. The van der Waals surface area contributed by atoms with Crippen LogP contribution in [-0.2, 0) is 23.1 Å². The molecule has 20 nitrogen and oxygen atoms in total. The summed E-state index contributed by atoms with van der Waals surface area (Å²) in [5.41, 5.74) is 9.23. The lowest BCUT2D eigenvalue weighted by molar-refractivity contribution is -0.0635. The minimum absolute atomic E-state index is 0.0814. The number of nitrogens with one attached hydrogen (secondary N) is 1. The molecule has 21 heteroatoms. The Kier molecular flexibility index (Phi) is 7.48. The van der Waals surface area contributed by atoms with Crippen LogP contribution in [0.5, 0.6) is 0 Å². The van der Waals surface area contributed by atoms with Gasteiger partial charge in [0.25, 0.3) is 5.56 Å². The number of nitrogens with two attached hydrogens (primary N) is 2. The molecule has 3 aromatic rings. The van der Waals surface area contributed by atoms with Crippen LogP contribution in [0, 0.1) is 0 Å². The highest BCUT2D eigenvalue weighted by atomic mass is 31.2. The third-order valence-electron chi connectivity index (χ3n) is 6.34. The standard InChI is InChI=1S/C19H25N8O12P/c20-8-1-2-26(19(33)23-8)16-12(31)10(29)7(38-16)4-36-40(34,35)39-13-11(30)6(3-28)37-17(13)27-5-22-9-14(27)24-18(21)25-15(9)32/h1-2,5-7,10-13,16-17,28-31H,3-4H2,(H,34,35)(H2,20,23,33)(H3,21,24,25,32). The monoisotopic (exact) mass is 588 g/mol. The maximum Gasteiger partial charge on any atom is 0.472 e. The lowest BCUT2D eigenvalue weighted by Crippen LogP contribution is -2.36. The van der Waals surface area contributed by atoms with Crippen molar-refractivity contribution in [2.45, 2.75) is 49.1 Å². The molecule has 2 saturated heterocycles. The van der Waals surface area contributed by atoms with E-state index in [0.717, 1.165) is 15.5 Å². The predicted molar refractivity (Wildman–Crippen MR) is 129 cm³/mol. The van der Waals surface area contributed by atoms with Crippen LogP contribution < -0.4 is 22.7 Å². The van der Waals surface area contributed by atoms with Gasteiger partial charge in [-0.05, 0) is 6.07 Å². The molecular formula is C19H25N8O12P. The number of aromatic amines is 1. The van der Waals surface area contributed by atoms with Crippen molar-refractivity contribution in [3.8, 4) is 0 Å². The zero-order chi connectivity index (χ0) is 28.9. The van der Waals surface area contributed by atoms with Gasteiger partial charge in [-0.15, -0.1) is 0 Å². The number of ether oxygens (including phenoxy) is 2. The third-order valence-corrected chi connectivity index (χ3v) is 7.32. The Morgan fingerprint density at radius 2 is 1.77 bits per heavy atom. The number of phosphoric ester groups is 1. The summed E-state index contributed by atoms with van der Waals surface area (Å²) in [4.78, 5) is 48.3. The van der Waals surface area contributed by atoms with Crippen LogP contribution in [0.1, 0.15) is 12.5 Å². The molecule has 218 valence electrons. The first kappa shape index (κ1) is 28.2. The fourth-order valence-corrected chi connectivity index (χ4v) is 5.34. The van der Waals surface area contributed by atoms with Gasteiger partial charge in [0, 0.05) is 6.20 Å². The number of fused-ring (bicyclic) bond motifs is 1. The molecular weight excluding hydrogens is 563 g/mol. The molecule has 0 spiro atoms. The van der Waals surface area contributed by atoms with Gasteiger partial charge < -0.3 is 46.3 Å². The van der Waals surface area contributed by atoms with Crippen molar-refractivity contribution >= 4 is 30.8 Å². The fraction of sp³-hybridized carbons (Fsp3) is 0.526. The first-order valence-electron chi connectivity index (χ1n) is 11.6. The second-order valence-corrected chi connectivity index (χ2v) is 10.3. The SMILES string of the molecule is Nc1ccn(C2OC(COP(=O)(O)OC3C(O)C(CO)OC3n3cnc4c(=O)[nH]c(N)nc43)C(O)C2O)c(=O)n1. The van der Waals surface area contributed by atoms with Crippen molar-refractivity contribution in [3.05, 3.63) is 39.4 Å². The second-order valence-electron chi connectivity index (χ2n) is 8.94. The summed E-state index contributed by atoms with van der Waals surface area (Å²) in [5.74, 6) is -0.347. The normalized spacial score (nSPS) is 32.0. The van der Waals surface area contributed by atoms with Crippen molar-refractivity contribution in [2.24, 2.45) is 0 Å². The van der Waals surface area contributed by atoms with Crippen LogP contribution in [0.2, 0.25) is 0 Å². The van der Waals surface area contributed by atoms with Crippen LogP contribution in [0.15, 0.2) is 28.2 Å². The summed E-state index contributed by atoms with van der Waals surface area (Å²) in [5, 5.41) is 41.0. The Morgan fingerprint density at radius 3 is 2.48 bits per heavy atom. The zero-order valence-electron chi connectivity index (χ0n) is 20.2. The third kappa shape index (κ3) is 5.12. The molecule has 2 aliphatic rings. The molecule has 3 aromatic heterocycles. The van der Waals surface area contributed by atoms with Crippen molar-refractivity contribution in [1.82, 2.24) is 29.1 Å². The molecule has 10 N–H and O–H groups in total. The summed E-state index contributed by atoms with van der Waals surface area (Å²) in [6, 6.07) is 1.26. The Labute approximate surface area is 222 Å². The Balaban J connectivity index is 1.32. The van der Waals surface area contributed by atoms with E-state index in [-0.39, 0.29) is 22.9 Å². The van der Waals surface area contributed by atoms with Gasteiger partial charge in [0.2, 0.25) is 5.95 Å². The summed E-state index contributed by atoms with van der Waals surface area (Å²) < 4.78 is 36.0. The van der Waals surface area contributed by atoms with E-state index in [1.165, 1.54) is 12.3 Å². The van der Waals surface area contributed by atoms with E-state index in [9.17, 15) is 39.5 Å². The lowest BCUT2D eigenvalue weighted by atomic mass is 10.1. The van der Waals surface area contributed by atoms with E-state index in [2.05, 4.69) is 19.9 Å². The van der Waals surface area contributed by atoms with Crippen LogP contribution in [0.3, 0.4) is 0 Å². The average molecular weight is 588 g/mol. The molecule has 0 aliphatic carbocycles. The predicted octanol–water partition coefficient (Wildman–Crippen LogP) is -4.09. The number of imidazole rings is 1. The van der Waals surface area contributed by atoms with Crippen LogP contribution in [-0.4, -0.2) is 104 Å². The van der Waals surface area contributed by atoms with Gasteiger partial charge in [0.05, 0.1) is 19.5 Å². The van der Waals surface area contributed by atoms with Gasteiger partial charge in [0.1, 0.15) is 42.4 Å². The zero-order valence-corrected chi connectivity index (χ0v) is 21.1. The van der Waals surface area contributed by atoms with Crippen molar-refractivity contribution in [3.63, 3.8) is 0 Å². The maximum absolute atomic E-state index is 12.9. The number of hydrogen-bond acceptors (Lipinski definition) is 16. The molecule has 9 atom stereocenters. The molecule has 2 fully saturated rings. The van der Waals surface area contributed by atoms with E-state index in [1.54, 1.807) is 0 Å². The van der Waals surface area contributed by atoms with Gasteiger partial charge >= 0.3 is 13.5 Å². The number of anilines is 2. The van der Waals surface area contributed by atoms with E-state index in [1.807, 2.05) is 0 Å². The number of hydrogen-bond donors (Lipinski definition) is 8. The van der Waals surface area contributed by atoms with Crippen LogP contribution in [0.25, 0.3) is 11.2 Å². The van der Waals surface area contributed by atoms with E-state index < -0.39 is 81.4 Å². The summed E-state index contributed by atoms with van der Waals surface area (Å²) in [7, 11) is -5.08. The molecule has 0 saturated carbocycles. The highest BCUT2D eigenvalue weighted by Gasteiger charge is 2.50. The van der Waals surface area contributed by atoms with E-state index in [0.29, 0.717) is 0 Å². The number of H-pyrrole nitrogens is 1. The smallest absolute Gasteiger partial charge is 0.394 e. The molecule has 0 radical (unpaired) electrons. The Hall–Kier alpha value is -3.30. The van der Waals surface area contributed by atoms with Crippen LogP contribution >= 0.6 is 7.82 Å². The van der Waals surface area contributed by atoms with Gasteiger partial charge in [-0.1, -0.05) is 0 Å². The van der Waals surface area contributed by atoms with Gasteiger partial charge in [0.15, 0.2) is 23.6 Å². The van der Waals surface area contributed by atoms with Crippen molar-refractivity contribution in [2.75, 3.05) is 24.7 Å². The number of nitrogen functional groups attached to an aromatic ring is 2. The topological polar surface area (TPSA) is 306 Å². The maximum atomic E-state index is 12.9. The number of nitrogens with zero attached hydrogens (tertiary/aromatic N) is 5. The highest BCUT2D eigenvalue weighted by Crippen LogP contribution is 2.50. The summed E-state index contributed by atoms with van der Waals surface area (Å²) in [6.07, 6.45) is -9.89. The first-order chi connectivity index (χ1) is 18.9. The lowest BCUT2D eigenvalue weighted by Gasteiger charge is -2.24. The van der Waals surface area contributed by atoms with Gasteiger partial charge in [-0.25, -0.2) is 14.3 Å². The molecule has 40 heavy (non-hydrogen) atoms. The van der Waals surface area contributed by atoms with Gasteiger partial charge in [-0.2, -0.15) is 9.97 Å². The molecule has 2 aliphatic heterocycles.